The van der Waals surface area contributed by atoms with Crippen LogP contribution in [-0.2, 0) is 11.4 Å². The Morgan fingerprint density at radius 2 is 2.00 bits per heavy atom. The predicted octanol–water partition coefficient (Wildman–Crippen LogP) is 1.35. The van der Waals surface area contributed by atoms with Crippen molar-refractivity contribution in [3.8, 4) is 0 Å². The van der Waals surface area contributed by atoms with Crippen LogP contribution in [0.2, 0.25) is 0 Å². The van der Waals surface area contributed by atoms with Gasteiger partial charge in [0.1, 0.15) is 7.11 Å². The summed E-state index contributed by atoms with van der Waals surface area (Å²) in [7, 11) is 1.56. The molecule has 0 saturated heterocycles. The zero-order valence-electron chi connectivity index (χ0n) is 5.95. The molecule has 0 aromatic heterocycles. The van der Waals surface area contributed by atoms with Crippen molar-refractivity contribution < 1.29 is 4.84 Å². The Bertz CT molecular complexity index is 174. The highest BCUT2D eigenvalue weighted by Crippen LogP contribution is 1.96. The van der Waals surface area contributed by atoms with Crippen LogP contribution in [0.4, 0.5) is 0 Å². The van der Waals surface area contributed by atoms with Crippen LogP contribution < -0.4 is 5.48 Å². The largest absolute Gasteiger partial charge is 0.270 e. The summed E-state index contributed by atoms with van der Waals surface area (Å²) >= 11 is 0. The average molecular weight is 136 g/mol. The number of hydrogen-bond acceptors (Lipinski definition) is 1. The van der Waals surface area contributed by atoms with Gasteiger partial charge in [-0.15, -0.1) is 0 Å². The smallest absolute Gasteiger partial charge is 0.0891 e. The van der Waals surface area contributed by atoms with Crippen LogP contribution in [0.5, 0.6) is 0 Å². The lowest BCUT2D eigenvalue weighted by Crippen LogP contribution is -2.01. The van der Waals surface area contributed by atoms with E-state index in [1.54, 1.807) is 7.11 Å². The van der Waals surface area contributed by atoms with E-state index in [0.29, 0.717) is 6.54 Å². The van der Waals surface area contributed by atoms with E-state index in [1.807, 2.05) is 30.3 Å². The lowest BCUT2D eigenvalue weighted by atomic mass is 10.2. The van der Waals surface area contributed by atoms with Crippen LogP contribution >= 0.6 is 0 Å². The average Bonchev–Trinajstić information content (AvgIpc) is 2.03. The Hall–Kier alpha value is -0.860. The minimum absolute atomic E-state index is 0.636. The molecule has 10 heavy (non-hydrogen) atoms. The fraction of sp³-hybridized carbons (Fsp3) is 0.250. The third-order valence-electron chi connectivity index (χ3n) is 1.22. The van der Waals surface area contributed by atoms with Gasteiger partial charge in [0.05, 0.1) is 0 Å². The molecule has 0 amide bonds. The van der Waals surface area contributed by atoms with Crippen molar-refractivity contribution >= 4 is 0 Å². The van der Waals surface area contributed by atoms with E-state index in [9.17, 15) is 0 Å². The summed E-state index contributed by atoms with van der Waals surface area (Å²) in [6, 6.07) is 9.99. The molecule has 1 aromatic carbocycles. The van der Waals surface area contributed by atoms with Gasteiger partial charge in [0.2, 0.25) is 0 Å². The summed E-state index contributed by atoms with van der Waals surface area (Å²) in [4.78, 5) is 4.57. The first-order valence-electron chi connectivity index (χ1n) is 3.17. The van der Waals surface area contributed by atoms with Crippen molar-refractivity contribution in [3.05, 3.63) is 35.9 Å². The molecule has 1 aromatic rings. The Morgan fingerprint density at radius 1 is 1.30 bits per heavy atom. The van der Waals surface area contributed by atoms with Crippen LogP contribution in [0.3, 0.4) is 0 Å². The fourth-order valence-electron chi connectivity index (χ4n) is 0.723. The van der Waals surface area contributed by atoms with Gasteiger partial charge in [0.15, 0.2) is 0 Å². The molecule has 0 aliphatic heterocycles. The summed E-state index contributed by atoms with van der Waals surface area (Å²) < 4.78 is 0. The van der Waals surface area contributed by atoms with Gasteiger partial charge < -0.3 is 0 Å². The van der Waals surface area contributed by atoms with Crippen LogP contribution in [0, 0.1) is 0 Å². The normalized spacial score (nSPS) is 9.70. The first-order chi connectivity index (χ1) is 4.93. The molecule has 0 atom stereocenters. The maximum Gasteiger partial charge on any atom is 0.270 e. The number of nitrogens with zero attached hydrogens (tertiary/aromatic N) is 1. The molecule has 52 valence electrons. The fourth-order valence-corrected chi connectivity index (χ4v) is 0.723. The number of rotatable bonds is 3. The Morgan fingerprint density at radius 3 is 2.60 bits per heavy atom. The van der Waals surface area contributed by atoms with Gasteiger partial charge in [0.25, 0.3) is 12.0 Å². The first kappa shape index (κ1) is 7.25. The lowest BCUT2D eigenvalue weighted by Gasteiger charge is -1.85. The van der Waals surface area contributed by atoms with Gasteiger partial charge >= 0.3 is 0 Å². The maximum absolute atomic E-state index is 4.57. The minimum Gasteiger partial charge on any atom is -0.0891 e. The van der Waals surface area contributed by atoms with Crippen LogP contribution in [-0.4, -0.2) is 7.11 Å². The molecule has 0 aliphatic carbocycles. The summed E-state index contributed by atoms with van der Waals surface area (Å²) in [6.07, 6.45) is 0. The summed E-state index contributed by atoms with van der Waals surface area (Å²) in [5, 5.41) is 0. The molecular formula is C8H10NO+. The van der Waals surface area contributed by atoms with Crippen molar-refractivity contribution in [3.63, 3.8) is 0 Å². The molecule has 0 bridgehead atoms. The summed E-state index contributed by atoms with van der Waals surface area (Å²) in [5.74, 6) is 0. The third-order valence-corrected chi connectivity index (χ3v) is 1.22. The highest BCUT2D eigenvalue weighted by atomic mass is 16.6. The Kier molecular flexibility index (Phi) is 2.93. The number of benzene rings is 1. The second kappa shape index (κ2) is 4.04. The molecule has 0 unspecified atom stereocenters. The van der Waals surface area contributed by atoms with Gasteiger partial charge in [-0.3, -0.25) is 0 Å². The molecule has 2 nitrogen and oxygen atoms in total. The quantitative estimate of drug-likeness (QED) is 0.575. The summed E-state index contributed by atoms with van der Waals surface area (Å²) in [5.41, 5.74) is 4.91. The highest BCUT2D eigenvalue weighted by molar-refractivity contribution is 5.13. The van der Waals surface area contributed by atoms with Crippen LogP contribution in [0.25, 0.3) is 0 Å². The monoisotopic (exact) mass is 136 g/mol. The van der Waals surface area contributed by atoms with Crippen molar-refractivity contribution in [2.45, 2.75) is 6.54 Å². The molecule has 0 spiro atoms. The number of hydrogen-bond donors (Lipinski definition) is 0. The van der Waals surface area contributed by atoms with E-state index in [-0.39, 0.29) is 0 Å². The third kappa shape index (κ3) is 2.17. The van der Waals surface area contributed by atoms with Gasteiger partial charge in [-0.25, -0.2) is 0 Å². The SMILES string of the molecule is CO[N+]Cc1ccccc1. The van der Waals surface area contributed by atoms with Crippen molar-refractivity contribution in [2.75, 3.05) is 7.11 Å². The zero-order valence-corrected chi connectivity index (χ0v) is 5.95. The zero-order chi connectivity index (χ0) is 7.23. The minimum atomic E-state index is 0.636. The van der Waals surface area contributed by atoms with Gasteiger partial charge in [-0.05, 0) is 0 Å². The molecule has 0 saturated carbocycles. The van der Waals surface area contributed by atoms with Crippen LogP contribution in [0.1, 0.15) is 5.56 Å². The van der Waals surface area contributed by atoms with E-state index in [2.05, 4.69) is 10.3 Å². The predicted molar refractivity (Wildman–Crippen MR) is 39.3 cm³/mol. The van der Waals surface area contributed by atoms with Gasteiger partial charge in [-0.1, -0.05) is 35.2 Å². The Balaban J connectivity index is 2.43. The van der Waals surface area contributed by atoms with Crippen molar-refractivity contribution in [2.24, 2.45) is 0 Å². The van der Waals surface area contributed by atoms with Gasteiger partial charge in [-0.2, -0.15) is 0 Å². The lowest BCUT2D eigenvalue weighted by molar-refractivity contribution is 0.0773. The van der Waals surface area contributed by atoms with E-state index >= 15 is 0 Å². The molecule has 2 heteroatoms. The standard InChI is InChI=1S/C8H10NO/c1-10-9-7-8-5-3-2-4-6-8/h2-6H,7H2,1H3/q+1. The maximum atomic E-state index is 4.57. The molecule has 0 aliphatic rings. The molecule has 2 radical (unpaired) electrons. The van der Waals surface area contributed by atoms with E-state index in [4.69, 9.17) is 0 Å². The number of hydroxylamine groups is 1. The second-order valence-electron chi connectivity index (χ2n) is 1.96. The molecule has 1 rings (SSSR count). The van der Waals surface area contributed by atoms with Crippen molar-refractivity contribution in [1.82, 2.24) is 5.48 Å². The van der Waals surface area contributed by atoms with Crippen molar-refractivity contribution in [1.29, 1.82) is 0 Å². The van der Waals surface area contributed by atoms with Gasteiger partial charge in [0, 0.05) is 5.56 Å². The molecular weight excluding hydrogens is 126 g/mol. The topological polar surface area (TPSA) is 23.3 Å². The highest BCUT2D eigenvalue weighted by Gasteiger charge is 2.02. The van der Waals surface area contributed by atoms with E-state index in [0.717, 1.165) is 0 Å². The second-order valence-corrected chi connectivity index (χ2v) is 1.96. The van der Waals surface area contributed by atoms with Crippen LogP contribution in [0.15, 0.2) is 30.3 Å². The first-order valence-corrected chi connectivity index (χ1v) is 3.17. The molecule has 0 N–H and O–H groups in total. The summed E-state index contributed by atoms with van der Waals surface area (Å²) in [6.45, 7) is 0.636. The molecule has 0 heterocycles. The molecule has 0 fully saturated rings. The van der Waals surface area contributed by atoms with E-state index in [1.165, 1.54) is 5.56 Å². The Labute approximate surface area is 60.8 Å². The van der Waals surface area contributed by atoms with E-state index < -0.39 is 0 Å².